The van der Waals surface area contributed by atoms with E-state index < -0.39 is 0 Å². The van der Waals surface area contributed by atoms with E-state index in [1.54, 1.807) is 0 Å². The van der Waals surface area contributed by atoms with Gasteiger partial charge < -0.3 is 26.0 Å². The molecule has 152 valence electrons. The number of imidazole rings is 1. The van der Waals surface area contributed by atoms with Crippen LogP contribution in [0.5, 0.6) is 0 Å². The van der Waals surface area contributed by atoms with Crippen molar-refractivity contribution in [3.63, 3.8) is 0 Å². The summed E-state index contributed by atoms with van der Waals surface area (Å²) in [5, 5.41) is 0. The number of aryl methyl sites for hydroxylation is 1. The standard InChI is InChI=1S/C20H19N3O2S.C2H3O.Li/c1-5-23-12-21-18(16-8-6-7-13(2)22-16)19(23)14-9-10-17(26-4)15(11-14)20(24)25-3;1-2-3;/h6-11H,1,5H2,2-4H3;1H3;/q-2;-1;+1. The molecule has 6 nitrogen and oxygen atoms in total. The van der Waals surface area contributed by atoms with Gasteiger partial charge in [-0.05, 0) is 43.4 Å². The third-order valence-corrected chi connectivity index (χ3v) is 4.81. The molecule has 0 N–H and O–H groups in total. The van der Waals surface area contributed by atoms with Gasteiger partial charge >= 0.3 is 24.8 Å². The summed E-state index contributed by atoms with van der Waals surface area (Å²) in [6.07, 6.45) is 6.40. The van der Waals surface area contributed by atoms with E-state index >= 15 is 0 Å². The fourth-order valence-corrected chi connectivity index (χ4v) is 3.34. The molecule has 3 aromatic rings. The third-order valence-electron chi connectivity index (χ3n) is 4.01. The van der Waals surface area contributed by atoms with Crippen LogP contribution in [-0.4, -0.2) is 40.2 Å². The maximum atomic E-state index is 12.2. The molecular formula is C22H22LiN3O3S-2. The van der Waals surface area contributed by atoms with Crippen molar-refractivity contribution in [3.8, 4) is 22.6 Å². The zero-order chi connectivity index (χ0) is 21.4. The van der Waals surface area contributed by atoms with Crippen molar-refractivity contribution in [1.29, 1.82) is 0 Å². The van der Waals surface area contributed by atoms with Crippen LogP contribution in [0.3, 0.4) is 0 Å². The van der Waals surface area contributed by atoms with Gasteiger partial charge in [-0.2, -0.15) is 6.92 Å². The number of carbonyl (C=O) groups is 1. The number of esters is 1. The minimum atomic E-state index is -0.365. The first-order valence-electron chi connectivity index (χ1n) is 8.77. The maximum absolute atomic E-state index is 12.2. The molecule has 3 rings (SSSR count). The van der Waals surface area contributed by atoms with E-state index in [0.29, 0.717) is 17.8 Å². The maximum Gasteiger partial charge on any atom is 1.00 e. The number of pyridine rings is 1. The Labute approximate surface area is 193 Å². The summed E-state index contributed by atoms with van der Waals surface area (Å²) < 4.78 is 6.76. The smallest absolute Gasteiger partial charge is 0.542 e. The topological polar surface area (TPSA) is 74.1 Å². The molecule has 0 saturated heterocycles. The first-order valence-corrected chi connectivity index (χ1v) is 10.00. The van der Waals surface area contributed by atoms with Crippen LogP contribution >= 0.6 is 11.8 Å². The predicted molar refractivity (Wildman–Crippen MR) is 114 cm³/mol. The molecule has 2 heterocycles. The van der Waals surface area contributed by atoms with Gasteiger partial charge in [-0.1, -0.05) is 29.5 Å². The van der Waals surface area contributed by atoms with Gasteiger partial charge in [-0.25, -0.2) is 4.79 Å². The summed E-state index contributed by atoms with van der Waals surface area (Å²) in [6.45, 7) is 7.67. The van der Waals surface area contributed by atoms with E-state index in [1.165, 1.54) is 32.1 Å². The minimum Gasteiger partial charge on any atom is -0.542 e. The van der Waals surface area contributed by atoms with E-state index in [0.717, 1.165) is 27.5 Å². The Hall–Kier alpha value is -2.33. The molecule has 0 aliphatic rings. The van der Waals surface area contributed by atoms with Crippen LogP contribution in [0.25, 0.3) is 22.6 Å². The fourth-order valence-electron chi connectivity index (χ4n) is 2.77. The van der Waals surface area contributed by atoms with Crippen LogP contribution in [0, 0.1) is 20.2 Å². The van der Waals surface area contributed by atoms with E-state index in [4.69, 9.17) is 9.53 Å². The molecule has 0 saturated carbocycles. The zero-order valence-electron chi connectivity index (χ0n) is 17.9. The van der Waals surface area contributed by atoms with Gasteiger partial charge in [-0.3, -0.25) is 11.3 Å². The van der Waals surface area contributed by atoms with E-state index in [9.17, 15) is 4.79 Å². The largest absolute Gasteiger partial charge is 1.00 e. The molecule has 0 aliphatic heterocycles. The van der Waals surface area contributed by atoms with Crippen molar-refractivity contribution in [2.75, 3.05) is 13.4 Å². The summed E-state index contributed by atoms with van der Waals surface area (Å²) >= 11 is 1.50. The fraction of sp³-hybridized carbons (Fsp3) is 0.227. The Bertz CT molecular complexity index is 1010. The normalized spacial score (nSPS) is 9.77. The number of benzene rings is 1. The van der Waals surface area contributed by atoms with Crippen LogP contribution in [0.15, 0.2) is 41.3 Å². The molecule has 1 aromatic carbocycles. The van der Waals surface area contributed by atoms with Crippen LogP contribution in [-0.2, 0) is 16.1 Å². The molecule has 30 heavy (non-hydrogen) atoms. The minimum absolute atomic E-state index is 0. The second kappa shape index (κ2) is 12.4. The molecule has 0 fully saturated rings. The molecule has 0 aliphatic carbocycles. The molecular weight excluding hydrogens is 393 g/mol. The molecule has 0 radical (unpaired) electrons. The zero-order valence-corrected chi connectivity index (χ0v) is 18.7. The number of hydrogen-bond acceptors (Lipinski definition) is 6. The van der Waals surface area contributed by atoms with Crippen LogP contribution in [0.2, 0.25) is 0 Å². The van der Waals surface area contributed by atoms with Crippen LogP contribution in [0.4, 0.5) is 0 Å². The van der Waals surface area contributed by atoms with Crippen molar-refractivity contribution in [2.24, 2.45) is 0 Å². The number of hydrogen-bond donors (Lipinski definition) is 0. The number of rotatable bonds is 5. The van der Waals surface area contributed by atoms with Gasteiger partial charge in [0.05, 0.1) is 12.7 Å². The van der Waals surface area contributed by atoms with Gasteiger partial charge in [0.2, 0.25) is 0 Å². The van der Waals surface area contributed by atoms with Gasteiger partial charge in [0.1, 0.15) is 0 Å². The Morgan fingerprint density at radius 2 is 2.03 bits per heavy atom. The number of ether oxygens (including phenoxy) is 1. The number of thioether (sulfide) groups is 1. The van der Waals surface area contributed by atoms with Crippen LogP contribution in [0.1, 0.15) is 23.0 Å². The van der Waals surface area contributed by atoms with Gasteiger partial charge in [0.25, 0.3) is 0 Å². The van der Waals surface area contributed by atoms with Crippen molar-refractivity contribution >= 4 is 24.0 Å². The second-order valence-corrected chi connectivity index (χ2v) is 6.68. The quantitative estimate of drug-likeness (QED) is 0.270. The molecule has 0 amide bonds. The second-order valence-electron chi connectivity index (χ2n) is 5.84. The predicted octanol–water partition coefficient (Wildman–Crippen LogP) is 1.18. The Kier molecular flexibility index (Phi) is 10.6. The molecule has 0 unspecified atom stereocenters. The Morgan fingerprint density at radius 3 is 2.60 bits per heavy atom. The molecule has 2 aromatic heterocycles. The van der Waals surface area contributed by atoms with E-state index in [-0.39, 0.29) is 24.8 Å². The van der Waals surface area contributed by atoms with Crippen LogP contribution < -0.4 is 18.9 Å². The Balaban J connectivity index is 0.00000106. The summed E-state index contributed by atoms with van der Waals surface area (Å²) in [4.78, 5) is 30.7. The molecule has 8 heteroatoms. The van der Waals surface area contributed by atoms with Gasteiger partial charge in [0, 0.05) is 16.3 Å². The SMILES string of the molecule is C[C-]=O.[CH2-]Cn1[c-]nc(-c2cccc(C)n2)c1-c1ccc(SC)c(C(=O)OC)c1.[Li+]. The van der Waals surface area contributed by atoms with Crippen molar-refractivity contribution in [2.45, 2.75) is 25.3 Å². The molecule has 0 atom stereocenters. The third kappa shape index (κ3) is 5.85. The first kappa shape index (κ1) is 25.7. The van der Waals surface area contributed by atoms with Crippen molar-refractivity contribution in [3.05, 3.63) is 60.9 Å². The monoisotopic (exact) mass is 415 g/mol. The summed E-state index contributed by atoms with van der Waals surface area (Å²) in [5.74, 6) is -0.365. The number of nitrogens with zero attached hydrogens (tertiary/aromatic N) is 3. The number of aromatic nitrogens is 3. The van der Waals surface area contributed by atoms with Crippen molar-refractivity contribution in [1.82, 2.24) is 14.5 Å². The van der Waals surface area contributed by atoms with Gasteiger partial charge in [-0.15, -0.1) is 18.3 Å². The van der Waals surface area contributed by atoms with Crippen molar-refractivity contribution < 1.29 is 33.2 Å². The summed E-state index contributed by atoms with van der Waals surface area (Å²) in [6, 6.07) is 11.5. The van der Waals surface area contributed by atoms with Gasteiger partial charge in [0.15, 0.2) is 0 Å². The number of carbonyl (C=O) groups excluding carboxylic acids is 2. The summed E-state index contributed by atoms with van der Waals surface area (Å²) in [5.41, 5.74) is 4.58. The van der Waals surface area contributed by atoms with E-state index in [2.05, 4.69) is 23.2 Å². The Morgan fingerprint density at radius 1 is 1.33 bits per heavy atom. The molecule has 0 bridgehead atoms. The average Bonchev–Trinajstić information content (AvgIpc) is 3.17. The summed E-state index contributed by atoms with van der Waals surface area (Å²) in [7, 11) is 1.38. The average molecular weight is 415 g/mol. The number of methoxy groups -OCH3 is 1. The first-order chi connectivity index (χ1) is 14.0. The van der Waals surface area contributed by atoms with E-state index in [1.807, 2.05) is 54.1 Å². The molecule has 0 spiro atoms.